The SMILES string of the molecule is C=C(CO)C(=O)Oc1cc(OC(=O)C(=C)CO)cc(-c2ccc(-c3ccc(CCCCF)cc3)cc2)c1. The monoisotopic (exact) mass is 504 g/mol. The summed E-state index contributed by atoms with van der Waals surface area (Å²) in [6, 6.07) is 20.3. The van der Waals surface area contributed by atoms with Crippen molar-refractivity contribution in [1.82, 2.24) is 0 Å². The molecule has 0 aromatic heterocycles. The molecule has 0 atom stereocenters. The topological polar surface area (TPSA) is 93.1 Å². The zero-order valence-electron chi connectivity index (χ0n) is 20.4. The minimum absolute atomic E-state index is 0.0851. The van der Waals surface area contributed by atoms with Crippen LogP contribution < -0.4 is 9.47 Å². The van der Waals surface area contributed by atoms with Crippen molar-refractivity contribution in [3.05, 3.63) is 96.6 Å². The maximum absolute atomic E-state index is 12.3. The van der Waals surface area contributed by atoms with E-state index in [9.17, 15) is 14.0 Å². The first kappa shape index (κ1) is 27.5. The second-order valence-corrected chi connectivity index (χ2v) is 8.42. The number of hydrogen-bond acceptors (Lipinski definition) is 6. The molecule has 0 spiro atoms. The Balaban J connectivity index is 1.86. The molecule has 0 aliphatic carbocycles. The number of esters is 2. The summed E-state index contributed by atoms with van der Waals surface area (Å²) < 4.78 is 22.9. The van der Waals surface area contributed by atoms with E-state index in [4.69, 9.17) is 19.7 Å². The van der Waals surface area contributed by atoms with E-state index in [0.717, 1.165) is 35.1 Å². The average Bonchev–Trinajstić information content (AvgIpc) is 2.92. The number of rotatable bonds is 12. The van der Waals surface area contributed by atoms with Crippen LogP contribution in [0.15, 0.2) is 91.0 Å². The summed E-state index contributed by atoms with van der Waals surface area (Å²) in [4.78, 5) is 24.3. The molecule has 7 heteroatoms. The highest BCUT2D eigenvalue weighted by Gasteiger charge is 2.15. The first-order chi connectivity index (χ1) is 17.8. The number of aliphatic hydroxyl groups is 2. The molecule has 2 N–H and O–H groups in total. The number of benzene rings is 3. The molecule has 0 heterocycles. The number of aliphatic hydroxyl groups excluding tert-OH is 2. The van der Waals surface area contributed by atoms with Crippen LogP contribution in [0.3, 0.4) is 0 Å². The minimum Gasteiger partial charge on any atom is -0.423 e. The molecule has 0 saturated heterocycles. The van der Waals surface area contributed by atoms with Gasteiger partial charge in [0.05, 0.1) is 31.0 Å². The van der Waals surface area contributed by atoms with Gasteiger partial charge in [0.2, 0.25) is 0 Å². The molecule has 192 valence electrons. The van der Waals surface area contributed by atoms with Crippen LogP contribution in [0.4, 0.5) is 4.39 Å². The van der Waals surface area contributed by atoms with Crippen molar-refractivity contribution < 1.29 is 33.7 Å². The summed E-state index contributed by atoms with van der Waals surface area (Å²) >= 11 is 0. The van der Waals surface area contributed by atoms with Gasteiger partial charge in [-0.25, -0.2) is 9.59 Å². The summed E-state index contributed by atoms with van der Waals surface area (Å²) in [5.74, 6) is -1.47. The highest BCUT2D eigenvalue weighted by Crippen LogP contribution is 2.32. The number of alkyl halides is 1. The van der Waals surface area contributed by atoms with E-state index in [1.165, 1.54) is 6.07 Å². The first-order valence-corrected chi connectivity index (χ1v) is 11.8. The number of halogens is 1. The van der Waals surface area contributed by atoms with E-state index in [-0.39, 0.29) is 29.3 Å². The Morgan fingerprint density at radius 3 is 1.54 bits per heavy atom. The Labute approximate surface area is 215 Å². The van der Waals surface area contributed by atoms with Crippen LogP contribution in [0.25, 0.3) is 22.3 Å². The predicted octanol–water partition coefficient (Wildman–Crippen LogP) is 5.22. The van der Waals surface area contributed by atoms with Gasteiger partial charge in [-0.05, 0) is 59.2 Å². The molecule has 3 aromatic rings. The minimum atomic E-state index is -0.819. The van der Waals surface area contributed by atoms with E-state index >= 15 is 0 Å². The first-order valence-electron chi connectivity index (χ1n) is 11.8. The third-order valence-corrected chi connectivity index (χ3v) is 5.61. The lowest BCUT2D eigenvalue weighted by Crippen LogP contribution is -2.14. The van der Waals surface area contributed by atoms with E-state index < -0.39 is 25.2 Å². The molecule has 0 amide bonds. The van der Waals surface area contributed by atoms with E-state index in [2.05, 4.69) is 13.2 Å². The van der Waals surface area contributed by atoms with Crippen LogP contribution in [0.5, 0.6) is 11.5 Å². The summed E-state index contributed by atoms with van der Waals surface area (Å²) in [6.45, 7) is 5.49. The molecule has 6 nitrogen and oxygen atoms in total. The van der Waals surface area contributed by atoms with E-state index in [1.54, 1.807) is 12.1 Å². The van der Waals surface area contributed by atoms with Crippen molar-refractivity contribution in [2.24, 2.45) is 0 Å². The van der Waals surface area contributed by atoms with Crippen molar-refractivity contribution in [1.29, 1.82) is 0 Å². The quantitative estimate of drug-likeness (QED) is 0.152. The van der Waals surface area contributed by atoms with Gasteiger partial charge < -0.3 is 19.7 Å². The van der Waals surface area contributed by atoms with Crippen LogP contribution in [0.2, 0.25) is 0 Å². The lowest BCUT2D eigenvalue weighted by Gasteiger charge is -2.12. The van der Waals surface area contributed by atoms with Gasteiger partial charge in [0.1, 0.15) is 11.5 Å². The number of aryl methyl sites for hydroxylation is 1. The standard InChI is InChI=1S/C30H29FO6/c1-20(18-32)29(34)36-27-15-26(16-28(17-27)37-30(35)21(2)19-33)25-12-10-24(11-13-25)23-8-6-22(7-9-23)5-3-4-14-31/h6-13,15-17,32-33H,1-5,14,18-19H2. The second kappa shape index (κ2) is 13.3. The molecule has 0 radical (unpaired) electrons. The summed E-state index contributed by atoms with van der Waals surface area (Å²) in [6.07, 6.45) is 2.23. The van der Waals surface area contributed by atoms with Crippen molar-refractivity contribution in [2.45, 2.75) is 19.3 Å². The van der Waals surface area contributed by atoms with Gasteiger partial charge in [0.25, 0.3) is 0 Å². The smallest absolute Gasteiger partial charge is 0.341 e. The zero-order chi connectivity index (χ0) is 26.8. The Hall–Kier alpha value is -4.07. The van der Waals surface area contributed by atoms with Gasteiger partial charge in [-0.2, -0.15) is 0 Å². The van der Waals surface area contributed by atoms with Crippen molar-refractivity contribution in [3.63, 3.8) is 0 Å². The largest absolute Gasteiger partial charge is 0.423 e. The third-order valence-electron chi connectivity index (χ3n) is 5.61. The van der Waals surface area contributed by atoms with E-state index in [1.807, 2.05) is 48.5 Å². The van der Waals surface area contributed by atoms with Crippen LogP contribution in [-0.2, 0) is 16.0 Å². The molecule has 0 aliphatic rings. The molecule has 3 aromatic carbocycles. The Morgan fingerprint density at radius 2 is 1.11 bits per heavy atom. The summed E-state index contributed by atoms with van der Waals surface area (Å²) in [7, 11) is 0. The molecule has 0 fully saturated rings. The average molecular weight is 505 g/mol. The fraction of sp³-hybridized carbons (Fsp3) is 0.200. The number of ether oxygens (including phenoxy) is 2. The molecule has 0 saturated carbocycles. The summed E-state index contributed by atoms with van der Waals surface area (Å²) in [5.41, 5.74) is 4.30. The van der Waals surface area contributed by atoms with Gasteiger partial charge in [0, 0.05) is 6.07 Å². The normalized spacial score (nSPS) is 10.6. The number of hydrogen-bond donors (Lipinski definition) is 2. The van der Waals surface area contributed by atoms with Gasteiger partial charge in [-0.3, -0.25) is 4.39 Å². The number of carbonyl (C=O) groups excluding carboxylic acids is 2. The highest BCUT2D eigenvalue weighted by molar-refractivity contribution is 5.91. The molecule has 0 unspecified atom stereocenters. The Bertz CT molecular complexity index is 1210. The van der Waals surface area contributed by atoms with Gasteiger partial charge in [-0.15, -0.1) is 0 Å². The van der Waals surface area contributed by atoms with Gasteiger partial charge in [-0.1, -0.05) is 61.7 Å². The van der Waals surface area contributed by atoms with Crippen LogP contribution in [0.1, 0.15) is 18.4 Å². The maximum atomic E-state index is 12.3. The molecule has 0 aliphatic heterocycles. The molecule has 37 heavy (non-hydrogen) atoms. The highest BCUT2D eigenvalue weighted by atomic mass is 19.1. The Kier molecular flexibility index (Phi) is 9.89. The molecular weight excluding hydrogens is 475 g/mol. The van der Waals surface area contributed by atoms with Crippen molar-refractivity contribution in [2.75, 3.05) is 19.9 Å². The van der Waals surface area contributed by atoms with Crippen LogP contribution in [-0.4, -0.2) is 42.0 Å². The van der Waals surface area contributed by atoms with Crippen molar-refractivity contribution >= 4 is 11.9 Å². The molecule has 3 rings (SSSR count). The maximum Gasteiger partial charge on any atom is 0.341 e. The van der Waals surface area contributed by atoms with Crippen LogP contribution >= 0.6 is 0 Å². The predicted molar refractivity (Wildman–Crippen MR) is 140 cm³/mol. The van der Waals surface area contributed by atoms with Crippen LogP contribution in [0, 0.1) is 0 Å². The lowest BCUT2D eigenvalue weighted by molar-refractivity contribution is -0.131. The summed E-state index contributed by atoms with van der Waals surface area (Å²) in [5, 5.41) is 18.3. The fourth-order valence-corrected chi connectivity index (χ4v) is 3.49. The van der Waals surface area contributed by atoms with Gasteiger partial charge >= 0.3 is 11.9 Å². The van der Waals surface area contributed by atoms with E-state index in [0.29, 0.717) is 12.0 Å². The second-order valence-electron chi connectivity index (χ2n) is 8.42. The molecular formula is C30H29FO6. The Morgan fingerprint density at radius 1 is 0.676 bits per heavy atom. The van der Waals surface area contributed by atoms with Crippen molar-refractivity contribution in [3.8, 4) is 33.8 Å². The fourth-order valence-electron chi connectivity index (χ4n) is 3.49. The number of carbonyl (C=O) groups is 2. The number of unbranched alkanes of at least 4 members (excludes halogenated alkanes) is 1. The van der Waals surface area contributed by atoms with Gasteiger partial charge in [0.15, 0.2) is 0 Å². The zero-order valence-corrected chi connectivity index (χ0v) is 20.4. The lowest BCUT2D eigenvalue weighted by atomic mass is 9.98. The third kappa shape index (κ3) is 7.70. The molecule has 0 bridgehead atoms.